The Bertz CT molecular complexity index is 1110. The van der Waals surface area contributed by atoms with Crippen LogP contribution in [0.5, 0.6) is 0 Å². The molecule has 1 atom stereocenters. The third kappa shape index (κ3) is 7.29. The summed E-state index contributed by atoms with van der Waals surface area (Å²) in [5.74, 6) is -0.199. The zero-order chi connectivity index (χ0) is 24.7. The fourth-order valence-electron chi connectivity index (χ4n) is 3.91. The van der Waals surface area contributed by atoms with Crippen LogP contribution in [0.3, 0.4) is 0 Å². The van der Waals surface area contributed by atoms with Crippen LogP contribution in [-0.2, 0) is 29.0 Å². The normalized spacial score (nSPS) is 11.8. The van der Waals surface area contributed by atoms with Crippen LogP contribution in [0.1, 0.15) is 41.7 Å². The second-order valence-corrected chi connectivity index (χ2v) is 10.0. The molecule has 0 saturated carbocycles. The summed E-state index contributed by atoms with van der Waals surface area (Å²) >= 11 is 3.48. The van der Waals surface area contributed by atoms with E-state index in [0.29, 0.717) is 13.0 Å². The fourth-order valence-corrected chi connectivity index (χ4v) is 4.18. The monoisotopic (exact) mass is 520 g/mol. The minimum Gasteiger partial charge on any atom is -0.352 e. The van der Waals surface area contributed by atoms with E-state index in [1.54, 1.807) is 4.90 Å². The zero-order valence-corrected chi connectivity index (χ0v) is 21.9. The maximum atomic E-state index is 13.7. The molecule has 0 aliphatic heterocycles. The number of benzene rings is 3. The molecular formula is C29H33BrN2O2. The van der Waals surface area contributed by atoms with Crippen LogP contribution in [0.4, 0.5) is 0 Å². The Morgan fingerprint density at radius 1 is 0.853 bits per heavy atom. The van der Waals surface area contributed by atoms with Crippen molar-refractivity contribution in [1.82, 2.24) is 10.2 Å². The number of amides is 2. The number of nitrogens with one attached hydrogen (secondary N) is 1. The number of nitrogens with zero attached hydrogens (tertiary/aromatic N) is 1. The van der Waals surface area contributed by atoms with E-state index < -0.39 is 6.04 Å². The maximum Gasteiger partial charge on any atom is 0.243 e. The first kappa shape index (κ1) is 25.7. The van der Waals surface area contributed by atoms with Crippen molar-refractivity contribution in [2.45, 2.75) is 59.2 Å². The molecule has 5 heteroatoms. The van der Waals surface area contributed by atoms with Crippen molar-refractivity contribution in [1.29, 1.82) is 0 Å². The number of rotatable bonds is 9. The van der Waals surface area contributed by atoms with E-state index in [1.165, 1.54) is 5.56 Å². The molecule has 3 aromatic carbocycles. The van der Waals surface area contributed by atoms with Gasteiger partial charge in [0.05, 0.1) is 6.42 Å². The summed E-state index contributed by atoms with van der Waals surface area (Å²) in [6.07, 6.45) is 0.701. The van der Waals surface area contributed by atoms with Crippen LogP contribution in [0.2, 0.25) is 0 Å². The summed E-state index contributed by atoms with van der Waals surface area (Å²) in [7, 11) is 0. The lowest BCUT2D eigenvalue weighted by Crippen LogP contribution is -2.52. The predicted octanol–water partition coefficient (Wildman–Crippen LogP) is 5.77. The van der Waals surface area contributed by atoms with Crippen molar-refractivity contribution in [2.75, 3.05) is 0 Å². The van der Waals surface area contributed by atoms with Gasteiger partial charge in [0.1, 0.15) is 6.04 Å². The highest BCUT2D eigenvalue weighted by Crippen LogP contribution is 2.19. The van der Waals surface area contributed by atoms with Crippen molar-refractivity contribution >= 4 is 27.7 Å². The number of hydrogen-bond acceptors (Lipinski definition) is 2. The summed E-state index contributed by atoms with van der Waals surface area (Å²) in [4.78, 5) is 28.9. The molecule has 0 heterocycles. The molecule has 0 aliphatic rings. The Kier molecular flexibility index (Phi) is 9.05. The molecule has 0 aromatic heterocycles. The standard InChI is InChI=1S/C29H33BrN2O2/c1-20(2)31-29(34)27(17-23-8-6-5-7-9-23)32(19-24-12-14-26(30)15-13-24)28(33)18-25-11-10-21(3)22(4)16-25/h5-16,20,27H,17-19H2,1-4H3,(H,31,34). The summed E-state index contributed by atoms with van der Waals surface area (Å²) < 4.78 is 0.975. The molecule has 3 aromatic rings. The molecule has 0 bridgehead atoms. The third-order valence-electron chi connectivity index (χ3n) is 5.89. The van der Waals surface area contributed by atoms with Crippen molar-refractivity contribution in [3.8, 4) is 0 Å². The predicted molar refractivity (Wildman–Crippen MR) is 142 cm³/mol. The zero-order valence-electron chi connectivity index (χ0n) is 20.3. The van der Waals surface area contributed by atoms with E-state index >= 15 is 0 Å². The van der Waals surface area contributed by atoms with Gasteiger partial charge in [-0.05, 0) is 67.6 Å². The van der Waals surface area contributed by atoms with Crippen LogP contribution >= 0.6 is 15.9 Å². The van der Waals surface area contributed by atoms with E-state index in [0.717, 1.165) is 26.7 Å². The Labute approximate surface area is 211 Å². The number of carbonyl (C=O) groups is 2. The first-order valence-electron chi connectivity index (χ1n) is 11.7. The molecule has 2 amide bonds. The van der Waals surface area contributed by atoms with E-state index in [-0.39, 0.29) is 24.3 Å². The lowest BCUT2D eigenvalue weighted by atomic mass is 10.00. The van der Waals surface area contributed by atoms with Crippen LogP contribution in [0, 0.1) is 13.8 Å². The van der Waals surface area contributed by atoms with Gasteiger partial charge in [-0.1, -0.05) is 76.6 Å². The Morgan fingerprint density at radius 3 is 2.12 bits per heavy atom. The van der Waals surface area contributed by atoms with E-state index in [9.17, 15) is 9.59 Å². The lowest BCUT2D eigenvalue weighted by Gasteiger charge is -2.32. The minimum atomic E-state index is -0.618. The van der Waals surface area contributed by atoms with Crippen LogP contribution < -0.4 is 5.32 Å². The average Bonchev–Trinajstić information content (AvgIpc) is 2.80. The van der Waals surface area contributed by atoms with Gasteiger partial charge < -0.3 is 10.2 Å². The van der Waals surface area contributed by atoms with Crippen molar-refractivity contribution in [2.24, 2.45) is 0 Å². The van der Waals surface area contributed by atoms with Gasteiger partial charge in [0, 0.05) is 23.5 Å². The SMILES string of the molecule is Cc1ccc(CC(=O)N(Cc2ccc(Br)cc2)C(Cc2ccccc2)C(=O)NC(C)C)cc1C. The number of hydrogen-bond donors (Lipinski definition) is 1. The van der Waals surface area contributed by atoms with Crippen LogP contribution in [0.15, 0.2) is 77.3 Å². The molecule has 3 rings (SSSR count). The molecular weight excluding hydrogens is 488 g/mol. The Morgan fingerprint density at radius 2 is 1.50 bits per heavy atom. The summed E-state index contributed by atoms with van der Waals surface area (Å²) in [6, 6.07) is 23.2. The molecule has 0 radical (unpaired) electrons. The van der Waals surface area contributed by atoms with E-state index in [1.807, 2.05) is 80.6 Å². The summed E-state index contributed by atoms with van der Waals surface area (Å²) in [5.41, 5.74) is 5.30. The van der Waals surface area contributed by atoms with Gasteiger partial charge in [-0.3, -0.25) is 9.59 Å². The molecule has 34 heavy (non-hydrogen) atoms. The molecule has 1 unspecified atom stereocenters. The van der Waals surface area contributed by atoms with Crippen molar-refractivity contribution in [3.63, 3.8) is 0 Å². The van der Waals surface area contributed by atoms with Gasteiger partial charge in [-0.25, -0.2) is 0 Å². The first-order valence-corrected chi connectivity index (χ1v) is 12.5. The number of carbonyl (C=O) groups excluding carboxylic acids is 2. The number of halogens is 1. The van der Waals surface area contributed by atoms with Crippen LogP contribution in [-0.4, -0.2) is 28.8 Å². The maximum absolute atomic E-state index is 13.7. The van der Waals surface area contributed by atoms with Crippen molar-refractivity contribution in [3.05, 3.63) is 105 Å². The molecule has 0 spiro atoms. The first-order chi connectivity index (χ1) is 16.2. The van der Waals surface area contributed by atoms with Gasteiger partial charge in [0.25, 0.3) is 0 Å². The van der Waals surface area contributed by atoms with E-state index in [2.05, 4.69) is 41.2 Å². The largest absolute Gasteiger partial charge is 0.352 e. The highest BCUT2D eigenvalue weighted by Gasteiger charge is 2.30. The van der Waals surface area contributed by atoms with Gasteiger partial charge >= 0.3 is 0 Å². The van der Waals surface area contributed by atoms with Gasteiger partial charge in [0.2, 0.25) is 11.8 Å². The van der Waals surface area contributed by atoms with E-state index in [4.69, 9.17) is 0 Å². The molecule has 0 saturated heterocycles. The second-order valence-electron chi connectivity index (χ2n) is 9.11. The van der Waals surface area contributed by atoms with Gasteiger partial charge in [-0.2, -0.15) is 0 Å². The quantitative estimate of drug-likeness (QED) is 0.389. The molecule has 178 valence electrons. The molecule has 1 N–H and O–H groups in total. The highest BCUT2D eigenvalue weighted by molar-refractivity contribution is 9.10. The Hall–Kier alpha value is -2.92. The summed E-state index contributed by atoms with van der Waals surface area (Å²) in [5, 5.41) is 3.03. The lowest BCUT2D eigenvalue weighted by molar-refractivity contribution is -0.141. The highest BCUT2D eigenvalue weighted by atomic mass is 79.9. The number of aryl methyl sites for hydroxylation is 2. The fraction of sp³-hybridized carbons (Fsp3) is 0.310. The van der Waals surface area contributed by atoms with Gasteiger partial charge in [0.15, 0.2) is 0 Å². The smallest absolute Gasteiger partial charge is 0.243 e. The second kappa shape index (κ2) is 12.0. The van der Waals surface area contributed by atoms with Gasteiger partial charge in [-0.15, -0.1) is 0 Å². The average molecular weight is 521 g/mol. The molecule has 4 nitrogen and oxygen atoms in total. The Balaban J connectivity index is 1.97. The topological polar surface area (TPSA) is 49.4 Å². The summed E-state index contributed by atoms with van der Waals surface area (Å²) in [6.45, 7) is 8.35. The minimum absolute atomic E-state index is 0.0184. The molecule has 0 fully saturated rings. The third-order valence-corrected chi connectivity index (χ3v) is 6.42. The molecule has 0 aliphatic carbocycles. The van der Waals surface area contributed by atoms with Crippen molar-refractivity contribution < 1.29 is 9.59 Å². The van der Waals surface area contributed by atoms with Crippen LogP contribution in [0.25, 0.3) is 0 Å².